The lowest BCUT2D eigenvalue weighted by atomic mass is 9.83. The number of rotatable bonds is 2. The average molecular weight is 390 g/mol. The molecule has 0 saturated carbocycles. The fraction of sp³-hybridized carbons (Fsp3) is 0.389. The summed E-state index contributed by atoms with van der Waals surface area (Å²) in [5.41, 5.74) is -2.79. The Balaban J connectivity index is 2.08. The minimum atomic E-state index is -5.47. The highest BCUT2D eigenvalue weighted by atomic mass is 19.4. The Bertz CT molecular complexity index is 832. The first kappa shape index (κ1) is 19.5. The molecule has 3 rings (SSSR count). The summed E-state index contributed by atoms with van der Waals surface area (Å²) in [7, 11) is 2.29. The summed E-state index contributed by atoms with van der Waals surface area (Å²) in [5.74, 6) is 0.508. The van der Waals surface area contributed by atoms with Gasteiger partial charge in [-0.25, -0.2) is 0 Å². The SMILES string of the molecule is COc1ccccc1-c1ccc2c(n1)CN(C)C(C(F)(F)F)(C(F)(F)F)C2. The third-order valence-electron chi connectivity index (χ3n) is 4.87. The fourth-order valence-electron chi connectivity index (χ4n) is 3.40. The maximum absolute atomic E-state index is 13.5. The number of nitrogens with zero attached hydrogens (tertiary/aromatic N) is 2. The van der Waals surface area contributed by atoms with Crippen LogP contribution < -0.4 is 4.74 Å². The van der Waals surface area contributed by atoms with E-state index in [0.29, 0.717) is 17.0 Å². The standard InChI is InChI=1S/C18H16F6N2O/c1-26-10-14-11(9-16(26,17(19,20)21)18(22,23)24)7-8-13(25-14)12-5-3-4-6-15(12)27-2/h3-8H,9-10H2,1-2H3. The van der Waals surface area contributed by atoms with Crippen LogP contribution in [0.25, 0.3) is 11.3 Å². The van der Waals surface area contributed by atoms with Crippen LogP contribution >= 0.6 is 0 Å². The van der Waals surface area contributed by atoms with Crippen LogP contribution in [0, 0.1) is 0 Å². The van der Waals surface area contributed by atoms with Crippen LogP contribution in [0.2, 0.25) is 0 Å². The van der Waals surface area contributed by atoms with E-state index in [1.807, 2.05) is 0 Å². The molecule has 27 heavy (non-hydrogen) atoms. The topological polar surface area (TPSA) is 25.4 Å². The van der Waals surface area contributed by atoms with Gasteiger partial charge in [0, 0.05) is 18.5 Å². The zero-order chi connectivity index (χ0) is 20.0. The van der Waals surface area contributed by atoms with Crippen molar-refractivity contribution in [3.05, 3.63) is 47.7 Å². The molecule has 0 unspecified atom stereocenters. The number of ether oxygens (including phenoxy) is 1. The predicted molar refractivity (Wildman–Crippen MR) is 86.2 cm³/mol. The van der Waals surface area contributed by atoms with E-state index < -0.39 is 30.9 Å². The first-order chi connectivity index (χ1) is 12.5. The molecule has 0 amide bonds. The molecule has 1 aliphatic rings. The highest BCUT2D eigenvalue weighted by molar-refractivity contribution is 5.67. The molecule has 0 bridgehead atoms. The normalized spacial score (nSPS) is 17.5. The van der Waals surface area contributed by atoms with Crippen LogP contribution in [-0.4, -0.2) is 41.9 Å². The van der Waals surface area contributed by atoms with Gasteiger partial charge in [0.2, 0.25) is 5.54 Å². The van der Waals surface area contributed by atoms with Crippen LogP contribution in [0.3, 0.4) is 0 Å². The van der Waals surface area contributed by atoms with Crippen molar-refractivity contribution in [1.82, 2.24) is 9.88 Å². The van der Waals surface area contributed by atoms with E-state index in [1.165, 1.54) is 19.2 Å². The summed E-state index contributed by atoms with van der Waals surface area (Å²) >= 11 is 0. The second-order valence-corrected chi connectivity index (χ2v) is 6.39. The number of halogens is 6. The lowest BCUT2D eigenvalue weighted by Crippen LogP contribution is -2.68. The van der Waals surface area contributed by atoms with Gasteiger partial charge in [0.25, 0.3) is 0 Å². The number of alkyl halides is 6. The molecule has 0 saturated heterocycles. The first-order valence-electron chi connectivity index (χ1n) is 7.98. The fourth-order valence-corrected chi connectivity index (χ4v) is 3.40. The van der Waals surface area contributed by atoms with Gasteiger partial charge in [-0.3, -0.25) is 9.88 Å². The molecule has 1 aromatic carbocycles. The van der Waals surface area contributed by atoms with Crippen LogP contribution in [0.4, 0.5) is 26.3 Å². The van der Waals surface area contributed by atoms with E-state index in [4.69, 9.17) is 4.74 Å². The number of aromatic nitrogens is 1. The molecule has 1 aliphatic heterocycles. The number of benzene rings is 1. The smallest absolute Gasteiger partial charge is 0.416 e. The number of para-hydroxylation sites is 1. The molecule has 0 atom stereocenters. The Morgan fingerprint density at radius 3 is 2.22 bits per heavy atom. The highest BCUT2D eigenvalue weighted by Gasteiger charge is 2.73. The Kier molecular flexibility index (Phi) is 4.62. The van der Waals surface area contributed by atoms with Crippen molar-refractivity contribution in [2.24, 2.45) is 0 Å². The molecule has 2 aromatic rings. The monoisotopic (exact) mass is 390 g/mol. The summed E-state index contributed by atoms with van der Waals surface area (Å²) in [4.78, 5) is 4.60. The average Bonchev–Trinajstić information content (AvgIpc) is 2.58. The number of pyridine rings is 1. The summed E-state index contributed by atoms with van der Waals surface area (Å²) in [6, 6.07) is 9.60. The number of likely N-dealkylation sites (N-methyl/N-ethyl adjacent to an activating group) is 1. The van der Waals surface area contributed by atoms with Gasteiger partial charge in [0.05, 0.1) is 18.5 Å². The summed E-state index contributed by atoms with van der Waals surface area (Å²) in [6.07, 6.45) is -12.2. The van der Waals surface area contributed by atoms with Gasteiger partial charge in [-0.15, -0.1) is 0 Å². The minimum absolute atomic E-state index is 0.0682. The van der Waals surface area contributed by atoms with Gasteiger partial charge >= 0.3 is 12.4 Å². The van der Waals surface area contributed by atoms with Crippen molar-refractivity contribution in [3.63, 3.8) is 0 Å². The number of hydrogen-bond donors (Lipinski definition) is 0. The van der Waals surface area contributed by atoms with Crippen LogP contribution in [0.15, 0.2) is 36.4 Å². The predicted octanol–water partition coefficient (Wildman–Crippen LogP) is 4.61. The molecule has 146 valence electrons. The van der Waals surface area contributed by atoms with Crippen molar-refractivity contribution < 1.29 is 31.1 Å². The highest BCUT2D eigenvalue weighted by Crippen LogP contribution is 2.51. The molecule has 1 aromatic heterocycles. The number of hydrogen-bond acceptors (Lipinski definition) is 3. The van der Waals surface area contributed by atoms with Crippen LogP contribution in [0.1, 0.15) is 11.3 Å². The van der Waals surface area contributed by atoms with Crippen molar-refractivity contribution in [1.29, 1.82) is 0 Å². The Hall–Kier alpha value is -2.29. The van der Waals surface area contributed by atoms with E-state index in [0.717, 1.165) is 7.05 Å². The van der Waals surface area contributed by atoms with Gasteiger partial charge in [-0.2, -0.15) is 26.3 Å². The van der Waals surface area contributed by atoms with Crippen LogP contribution in [-0.2, 0) is 13.0 Å². The zero-order valence-corrected chi connectivity index (χ0v) is 14.4. The van der Waals surface area contributed by atoms with Crippen molar-refractivity contribution in [2.75, 3.05) is 14.2 Å². The maximum atomic E-state index is 13.5. The third kappa shape index (κ3) is 3.03. The lowest BCUT2D eigenvalue weighted by molar-refractivity contribution is -0.341. The molecule has 3 nitrogen and oxygen atoms in total. The zero-order valence-electron chi connectivity index (χ0n) is 14.4. The van der Waals surface area contributed by atoms with Gasteiger partial charge in [0.1, 0.15) is 5.75 Å². The van der Waals surface area contributed by atoms with Gasteiger partial charge in [0.15, 0.2) is 0 Å². The van der Waals surface area contributed by atoms with E-state index in [9.17, 15) is 26.3 Å². The molecular formula is C18H16F6N2O. The summed E-state index contributed by atoms with van der Waals surface area (Å²) in [5, 5.41) is 0. The Labute approximate surface area is 151 Å². The lowest BCUT2D eigenvalue weighted by Gasteiger charge is -2.46. The molecule has 0 aliphatic carbocycles. The first-order valence-corrected chi connectivity index (χ1v) is 7.98. The molecule has 0 fully saturated rings. The molecular weight excluding hydrogens is 374 g/mol. The second kappa shape index (κ2) is 6.40. The van der Waals surface area contributed by atoms with E-state index >= 15 is 0 Å². The Morgan fingerprint density at radius 1 is 1.00 bits per heavy atom. The van der Waals surface area contributed by atoms with Crippen molar-refractivity contribution >= 4 is 0 Å². The maximum Gasteiger partial charge on any atom is 0.416 e. The largest absolute Gasteiger partial charge is 0.496 e. The molecule has 0 N–H and O–H groups in total. The molecule has 0 radical (unpaired) electrons. The third-order valence-corrected chi connectivity index (χ3v) is 4.87. The summed E-state index contributed by atoms with van der Waals surface area (Å²) < 4.78 is 86.1. The van der Waals surface area contributed by atoms with Gasteiger partial charge in [-0.05, 0) is 30.8 Å². The quantitative estimate of drug-likeness (QED) is 0.701. The van der Waals surface area contributed by atoms with Crippen molar-refractivity contribution in [3.8, 4) is 17.0 Å². The Morgan fingerprint density at radius 2 is 1.63 bits per heavy atom. The molecule has 0 spiro atoms. The van der Waals surface area contributed by atoms with Crippen molar-refractivity contribution in [2.45, 2.75) is 30.9 Å². The van der Waals surface area contributed by atoms with Gasteiger partial charge < -0.3 is 4.74 Å². The van der Waals surface area contributed by atoms with E-state index in [2.05, 4.69) is 4.98 Å². The number of methoxy groups -OCH3 is 1. The second-order valence-electron chi connectivity index (χ2n) is 6.39. The van der Waals surface area contributed by atoms with E-state index in [-0.39, 0.29) is 16.2 Å². The van der Waals surface area contributed by atoms with E-state index in [1.54, 1.807) is 24.3 Å². The summed E-state index contributed by atoms with van der Waals surface area (Å²) in [6.45, 7) is -0.572. The molecule has 9 heteroatoms. The number of fused-ring (bicyclic) bond motifs is 1. The molecule has 2 heterocycles. The van der Waals surface area contributed by atoms with Crippen LogP contribution in [0.5, 0.6) is 5.75 Å². The minimum Gasteiger partial charge on any atom is -0.496 e. The van der Waals surface area contributed by atoms with Gasteiger partial charge in [-0.1, -0.05) is 18.2 Å².